The van der Waals surface area contributed by atoms with E-state index >= 15 is 0 Å². The minimum Gasteiger partial charge on any atom is -0.378 e. The van der Waals surface area contributed by atoms with Crippen LogP contribution in [0.25, 0.3) is 0 Å². The fourth-order valence-electron chi connectivity index (χ4n) is 3.34. The molecule has 0 saturated carbocycles. The molecular formula is C22H24N6O2. The summed E-state index contributed by atoms with van der Waals surface area (Å²) in [4.78, 5) is 28.1. The molecule has 0 unspecified atom stereocenters. The molecule has 2 aromatic carbocycles. The first-order chi connectivity index (χ1) is 14.5. The van der Waals surface area contributed by atoms with Crippen LogP contribution in [0.4, 0.5) is 22.0 Å². The highest BCUT2D eigenvalue weighted by Crippen LogP contribution is 2.19. The maximum atomic E-state index is 12.7. The lowest BCUT2D eigenvalue weighted by Gasteiger charge is -2.15. The van der Waals surface area contributed by atoms with Crippen molar-refractivity contribution in [2.45, 2.75) is 6.54 Å². The third-order valence-corrected chi connectivity index (χ3v) is 5.04. The van der Waals surface area contributed by atoms with Crippen LogP contribution in [0, 0.1) is 0 Å². The molecule has 1 aromatic heterocycles. The molecule has 0 radical (unpaired) electrons. The molecule has 4 rings (SSSR count). The predicted molar refractivity (Wildman–Crippen MR) is 117 cm³/mol. The summed E-state index contributed by atoms with van der Waals surface area (Å²) >= 11 is 0. The van der Waals surface area contributed by atoms with Crippen LogP contribution in [0.3, 0.4) is 0 Å². The van der Waals surface area contributed by atoms with Gasteiger partial charge >= 0.3 is 6.03 Å². The monoisotopic (exact) mass is 404 g/mol. The van der Waals surface area contributed by atoms with Crippen molar-refractivity contribution < 1.29 is 9.59 Å². The van der Waals surface area contributed by atoms with Crippen molar-refractivity contribution in [3.05, 3.63) is 71.9 Å². The Labute approximate surface area is 175 Å². The number of carbonyl (C=O) groups excluding carboxylic acids is 2. The zero-order valence-electron chi connectivity index (χ0n) is 17.0. The summed E-state index contributed by atoms with van der Waals surface area (Å²) in [5, 5.41) is 10.0. The molecule has 154 valence electrons. The van der Waals surface area contributed by atoms with Gasteiger partial charge in [0.2, 0.25) is 0 Å². The van der Waals surface area contributed by atoms with Crippen molar-refractivity contribution in [1.82, 2.24) is 15.1 Å². The number of benzene rings is 2. The van der Waals surface area contributed by atoms with E-state index in [-0.39, 0.29) is 11.9 Å². The number of carbonyl (C=O) groups is 2. The van der Waals surface area contributed by atoms with E-state index in [9.17, 15) is 9.59 Å². The van der Waals surface area contributed by atoms with E-state index in [1.165, 1.54) is 0 Å². The topological polar surface area (TPSA) is 82.5 Å². The Morgan fingerprint density at radius 2 is 1.83 bits per heavy atom. The van der Waals surface area contributed by atoms with Gasteiger partial charge in [-0.15, -0.1) is 0 Å². The van der Waals surface area contributed by atoms with Crippen LogP contribution in [0.15, 0.2) is 60.8 Å². The molecule has 3 aromatic rings. The number of amides is 3. The van der Waals surface area contributed by atoms with Gasteiger partial charge < -0.3 is 15.5 Å². The summed E-state index contributed by atoms with van der Waals surface area (Å²) in [6, 6.07) is 16.9. The summed E-state index contributed by atoms with van der Waals surface area (Å²) in [6.07, 6.45) is 1.67. The minimum absolute atomic E-state index is 0.116. The molecule has 2 heterocycles. The molecule has 1 aliphatic heterocycles. The minimum atomic E-state index is -0.225. The number of urea groups is 1. The average Bonchev–Trinajstić information content (AvgIpc) is 3.37. The average molecular weight is 404 g/mol. The first-order valence-corrected chi connectivity index (χ1v) is 9.76. The molecule has 0 atom stereocenters. The second-order valence-electron chi connectivity index (χ2n) is 7.32. The summed E-state index contributed by atoms with van der Waals surface area (Å²) in [5.41, 5.74) is 3.50. The molecule has 8 nitrogen and oxygen atoms in total. The van der Waals surface area contributed by atoms with Gasteiger partial charge in [-0.2, -0.15) is 5.10 Å². The highest BCUT2D eigenvalue weighted by molar-refractivity contribution is 6.04. The lowest BCUT2D eigenvalue weighted by molar-refractivity contribution is 0.102. The SMILES string of the molecule is CN(C)c1ccc(Cn2nccc2NC(=O)c2ccc(N3CCNC3=O)cc2)cc1. The largest absolute Gasteiger partial charge is 0.378 e. The summed E-state index contributed by atoms with van der Waals surface area (Å²) in [7, 11) is 4.01. The highest BCUT2D eigenvalue weighted by Gasteiger charge is 2.21. The number of aromatic nitrogens is 2. The van der Waals surface area contributed by atoms with E-state index in [1.54, 1.807) is 46.1 Å². The van der Waals surface area contributed by atoms with Gasteiger partial charge in [-0.1, -0.05) is 12.1 Å². The van der Waals surface area contributed by atoms with Crippen LogP contribution in [0.5, 0.6) is 0 Å². The van der Waals surface area contributed by atoms with Crippen molar-refractivity contribution in [1.29, 1.82) is 0 Å². The van der Waals surface area contributed by atoms with Crippen molar-refractivity contribution in [3.8, 4) is 0 Å². The Morgan fingerprint density at radius 3 is 2.47 bits per heavy atom. The standard InChI is InChI=1S/C22H24N6O2/c1-26(2)18-7-3-16(4-8-18)15-28-20(11-12-24-28)25-21(29)17-5-9-19(10-6-17)27-14-13-23-22(27)30/h3-12H,13-15H2,1-2H3,(H,23,30)(H,25,29). The van der Waals surface area contributed by atoms with Crippen LogP contribution >= 0.6 is 0 Å². The highest BCUT2D eigenvalue weighted by atomic mass is 16.2. The van der Waals surface area contributed by atoms with Gasteiger partial charge in [0.25, 0.3) is 5.91 Å². The molecule has 8 heteroatoms. The number of hydrogen-bond acceptors (Lipinski definition) is 4. The molecular weight excluding hydrogens is 380 g/mol. The molecule has 1 saturated heterocycles. The molecule has 0 bridgehead atoms. The third-order valence-electron chi connectivity index (χ3n) is 5.04. The first kappa shape index (κ1) is 19.5. The first-order valence-electron chi connectivity index (χ1n) is 9.76. The lowest BCUT2D eigenvalue weighted by Crippen LogP contribution is -2.27. The van der Waals surface area contributed by atoms with Crippen molar-refractivity contribution in [3.63, 3.8) is 0 Å². The van der Waals surface area contributed by atoms with Gasteiger partial charge in [0, 0.05) is 50.2 Å². The van der Waals surface area contributed by atoms with E-state index < -0.39 is 0 Å². The van der Waals surface area contributed by atoms with E-state index in [1.807, 2.05) is 19.0 Å². The molecule has 0 spiro atoms. The number of nitrogens with one attached hydrogen (secondary N) is 2. The van der Waals surface area contributed by atoms with Crippen LogP contribution < -0.4 is 20.4 Å². The quantitative estimate of drug-likeness (QED) is 0.662. The zero-order valence-corrected chi connectivity index (χ0v) is 17.0. The van der Waals surface area contributed by atoms with Crippen LogP contribution in [0.2, 0.25) is 0 Å². The summed E-state index contributed by atoms with van der Waals surface area (Å²) < 4.78 is 1.76. The van der Waals surface area contributed by atoms with Crippen molar-refractivity contribution in [2.75, 3.05) is 42.3 Å². The smallest absolute Gasteiger partial charge is 0.321 e. The zero-order chi connectivity index (χ0) is 21.1. The maximum absolute atomic E-state index is 12.7. The van der Waals surface area contributed by atoms with Gasteiger partial charge in [-0.05, 0) is 42.0 Å². The van der Waals surface area contributed by atoms with Gasteiger partial charge in [0.1, 0.15) is 5.82 Å². The predicted octanol–water partition coefficient (Wildman–Crippen LogP) is 2.78. The van der Waals surface area contributed by atoms with Crippen LogP contribution in [-0.2, 0) is 6.54 Å². The summed E-state index contributed by atoms with van der Waals surface area (Å²) in [5.74, 6) is 0.400. The van der Waals surface area contributed by atoms with Crippen molar-refractivity contribution in [2.24, 2.45) is 0 Å². The van der Waals surface area contributed by atoms with Gasteiger partial charge in [-0.25, -0.2) is 9.48 Å². The van der Waals surface area contributed by atoms with E-state index in [2.05, 4.69) is 40.0 Å². The fourth-order valence-corrected chi connectivity index (χ4v) is 3.34. The van der Waals surface area contributed by atoms with Gasteiger partial charge in [-0.3, -0.25) is 9.69 Å². The Balaban J connectivity index is 1.43. The van der Waals surface area contributed by atoms with E-state index in [0.29, 0.717) is 31.0 Å². The number of rotatable bonds is 6. The van der Waals surface area contributed by atoms with E-state index in [4.69, 9.17) is 0 Å². The Bertz CT molecular complexity index is 1040. The Hall–Kier alpha value is -3.81. The Kier molecular flexibility index (Phi) is 5.38. The maximum Gasteiger partial charge on any atom is 0.321 e. The molecule has 0 aliphatic carbocycles. The van der Waals surface area contributed by atoms with Crippen LogP contribution in [-0.4, -0.2) is 48.9 Å². The van der Waals surface area contributed by atoms with E-state index in [0.717, 1.165) is 16.9 Å². The fraction of sp³-hybridized carbons (Fsp3) is 0.227. The van der Waals surface area contributed by atoms with Crippen LogP contribution in [0.1, 0.15) is 15.9 Å². The molecule has 1 fully saturated rings. The third kappa shape index (κ3) is 4.12. The summed E-state index contributed by atoms with van der Waals surface area (Å²) in [6.45, 7) is 1.81. The van der Waals surface area contributed by atoms with Crippen molar-refractivity contribution >= 4 is 29.1 Å². The second-order valence-corrected chi connectivity index (χ2v) is 7.32. The van der Waals surface area contributed by atoms with Gasteiger partial charge in [0.05, 0.1) is 12.7 Å². The molecule has 30 heavy (non-hydrogen) atoms. The molecule has 2 N–H and O–H groups in total. The number of anilines is 3. The molecule has 1 aliphatic rings. The number of hydrogen-bond donors (Lipinski definition) is 2. The second kappa shape index (κ2) is 8.28. The number of nitrogens with zero attached hydrogens (tertiary/aromatic N) is 4. The van der Waals surface area contributed by atoms with Gasteiger partial charge in [0.15, 0.2) is 0 Å². The lowest BCUT2D eigenvalue weighted by atomic mass is 10.2. The molecule has 3 amide bonds. The Morgan fingerprint density at radius 1 is 1.10 bits per heavy atom. The normalized spacial score (nSPS) is 13.3.